The van der Waals surface area contributed by atoms with Crippen molar-refractivity contribution in [3.63, 3.8) is 0 Å². The largest absolute Gasteiger partial charge is 0.357 e. The van der Waals surface area contributed by atoms with Gasteiger partial charge in [-0.1, -0.05) is 18.2 Å². The predicted molar refractivity (Wildman–Crippen MR) is 99.7 cm³/mol. The van der Waals surface area contributed by atoms with Crippen LogP contribution in [-0.2, 0) is 0 Å². The van der Waals surface area contributed by atoms with E-state index in [2.05, 4.69) is 25.4 Å². The van der Waals surface area contributed by atoms with Crippen LogP contribution in [0, 0.1) is 6.92 Å². The minimum absolute atomic E-state index is 0.297. The quantitative estimate of drug-likeness (QED) is 0.767. The zero-order valence-electron chi connectivity index (χ0n) is 14.8. The second-order valence-corrected chi connectivity index (χ2v) is 6.46. The van der Waals surface area contributed by atoms with Gasteiger partial charge in [0, 0.05) is 13.1 Å². The molecule has 7 nitrogen and oxygen atoms in total. The van der Waals surface area contributed by atoms with Crippen LogP contribution in [0.3, 0.4) is 0 Å². The van der Waals surface area contributed by atoms with Gasteiger partial charge in [0.05, 0.1) is 23.3 Å². The number of carbonyl (C=O) groups excluding carboxylic acids is 1. The average Bonchev–Trinajstić information content (AvgIpc) is 3.44. The Bertz CT molecular complexity index is 915. The highest BCUT2D eigenvalue weighted by molar-refractivity contribution is 6.03. The monoisotopic (exact) mass is 348 g/mol. The zero-order valence-corrected chi connectivity index (χ0v) is 14.8. The van der Waals surface area contributed by atoms with Crippen LogP contribution in [0.4, 0.5) is 11.5 Å². The van der Waals surface area contributed by atoms with Gasteiger partial charge in [0.25, 0.3) is 5.91 Å². The Morgan fingerprint density at radius 3 is 2.58 bits per heavy atom. The standard InChI is InChI=1S/C19H20N6O/c1-13-18(23-25(22-13)16-6-4-3-5-7-16)19(26)21-14-8-11-17(20-12-14)24(2)15-9-10-15/h3-8,11-12,15H,9-10H2,1-2H3,(H,21,26). The number of benzene rings is 1. The van der Waals surface area contributed by atoms with E-state index in [1.54, 1.807) is 13.1 Å². The lowest BCUT2D eigenvalue weighted by Gasteiger charge is -2.17. The Kier molecular flexibility index (Phi) is 4.12. The van der Waals surface area contributed by atoms with Gasteiger partial charge >= 0.3 is 0 Å². The van der Waals surface area contributed by atoms with E-state index < -0.39 is 0 Å². The Hall–Kier alpha value is -3.22. The Labute approximate surface area is 151 Å². The first kappa shape index (κ1) is 16.3. The third-order valence-electron chi connectivity index (χ3n) is 4.45. The van der Waals surface area contributed by atoms with E-state index in [0.717, 1.165) is 11.5 Å². The molecule has 1 aliphatic rings. The number of hydrogen-bond acceptors (Lipinski definition) is 5. The number of aryl methyl sites for hydroxylation is 1. The molecule has 1 aliphatic carbocycles. The molecule has 1 fully saturated rings. The molecule has 4 rings (SSSR count). The summed E-state index contributed by atoms with van der Waals surface area (Å²) in [4.78, 5) is 20.6. The first-order valence-corrected chi connectivity index (χ1v) is 8.61. The molecule has 1 N–H and O–H groups in total. The second kappa shape index (κ2) is 6.59. The molecular weight excluding hydrogens is 328 g/mol. The van der Waals surface area contributed by atoms with Crippen molar-refractivity contribution in [2.45, 2.75) is 25.8 Å². The maximum absolute atomic E-state index is 12.6. The first-order chi connectivity index (χ1) is 12.6. The van der Waals surface area contributed by atoms with Crippen LogP contribution in [0.2, 0.25) is 0 Å². The Morgan fingerprint density at radius 1 is 1.15 bits per heavy atom. The number of aromatic nitrogens is 4. The summed E-state index contributed by atoms with van der Waals surface area (Å²) in [7, 11) is 2.05. The third-order valence-corrected chi connectivity index (χ3v) is 4.45. The SMILES string of the molecule is Cc1nn(-c2ccccc2)nc1C(=O)Nc1ccc(N(C)C2CC2)nc1. The lowest BCUT2D eigenvalue weighted by Crippen LogP contribution is -2.20. The van der Waals surface area contributed by atoms with Gasteiger partial charge < -0.3 is 10.2 Å². The molecule has 0 radical (unpaired) electrons. The molecule has 132 valence electrons. The number of carbonyl (C=O) groups is 1. The molecule has 0 saturated heterocycles. The molecule has 1 saturated carbocycles. The maximum atomic E-state index is 12.6. The average molecular weight is 348 g/mol. The molecule has 0 unspecified atom stereocenters. The van der Waals surface area contributed by atoms with E-state index in [9.17, 15) is 4.79 Å². The molecule has 1 amide bonds. The van der Waals surface area contributed by atoms with Crippen LogP contribution >= 0.6 is 0 Å². The molecule has 0 aliphatic heterocycles. The fourth-order valence-corrected chi connectivity index (χ4v) is 2.77. The van der Waals surface area contributed by atoms with Crippen molar-refractivity contribution < 1.29 is 4.79 Å². The van der Waals surface area contributed by atoms with Crippen molar-refractivity contribution in [2.75, 3.05) is 17.3 Å². The van der Waals surface area contributed by atoms with Gasteiger partial charge in [-0.2, -0.15) is 9.90 Å². The van der Waals surface area contributed by atoms with E-state index >= 15 is 0 Å². The molecule has 3 aromatic rings. The molecule has 0 spiro atoms. The molecule has 0 bridgehead atoms. The van der Waals surface area contributed by atoms with Gasteiger partial charge in [-0.25, -0.2) is 4.98 Å². The van der Waals surface area contributed by atoms with Gasteiger partial charge in [0.2, 0.25) is 0 Å². The molecule has 0 atom stereocenters. The number of anilines is 2. The predicted octanol–water partition coefficient (Wildman–Crippen LogP) is 2.82. The molecule has 7 heteroatoms. The second-order valence-electron chi connectivity index (χ2n) is 6.46. The van der Waals surface area contributed by atoms with Crippen molar-refractivity contribution in [1.29, 1.82) is 0 Å². The van der Waals surface area contributed by atoms with E-state index in [-0.39, 0.29) is 5.91 Å². The van der Waals surface area contributed by atoms with Crippen LogP contribution in [0.5, 0.6) is 0 Å². The van der Waals surface area contributed by atoms with Crippen LogP contribution in [0.15, 0.2) is 48.7 Å². The van der Waals surface area contributed by atoms with Crippen molar-refractivity contribution in [3.05, 3.63) is 60.0 Å². The van der Waals surface area contributed by atoms with E-state index in [0.29, 0.717) is 23.1 Å². The number of para-hydroxylation sites is 1. The van der Waals surface area contributed by atoms with Crippen molar-refractivity contribution in [3.8, 4) is 5.69 Å². The number of nitrogens with zero attached hydrogens (tertiary/aromatic N) is 5. The number of nitrogens with one attached hydrogen (secondary N) is 1. The van der Waals surface area contributed by atoms with Crippen molar-refractivity contribution >= 4 is 17.4 Å². The van der Waals surface area contributed by atoms with Gasteiger partial charge in [-0.3, -0.25) is 4.79 Å². The first-order valence-electron chi connectivity index (χ1n) is 8.61. The summed E-state index contributed by atoms with van der Waals surface area (Å²) in [6.45, 7) is 1.77. The molecule has 2 aromatic heterocycles. The number of pyridine rings is 1. The van der Waals surface area contributed by atoms with Gasteiger partial charge in [-0.15, -0.1) is 5.10 Å². The van der Waals surface area contributed by atoms with Gasteiger partial charge in [-0.05, 0) is 44.0 Å². The summed E-state index contributed by atoms with van der Waals surface area (Å²) in [5.41, 5.74) is 2.32. The summed E-state index contributed by atoms with van der Waals surface area (Å²) in [6, 6.07) is 13.9. The minimum atomic E-state index is -0.297. The van der Waals surface area contributed by atoms with Crippen molar-refractivity contribution in [1.82, 2.24) is 20.0 Å². The van der Waals surface area contributed by atoms with Crippen LogP contribution in [0.1, 0.15) is 29.0 Å². The highest BCUT2D eigenvalue weighted by atomic mass is 16.2. The van der Waals surface area contributed by atoms with E-state index in [1.165, 1.54) is 17.6 Å². The molecule has 1 aromatic carbocycles. The minimum Gasteiger partial charge on any atom is -0.357 e. The van der Waals surface area contributed by atoms with Gasteiger partial charge in [0.1, 0.15) is 5.82 Å². The van der Waals surface area contributed by atoms with Crippen LogP contribution in [0.25, 0.3) is 5.69 Å². The van der Waals surface area contributed by atoms with E-state index in [1.807, 2.05) is 49.5 Å². The normalized spacial score (nSPS) is 13.5. The summed E-state index contributed by atoms with van der Waals surface area (Å²) in [5, 5.41) is 11.5. The lowest BCUT2D eigenvalue weighted by atomic mass is 10.3. The van der Waals surface area contributed by atoms with Crippen LogP contribution in [-0.4, -0.2) is 39.0 Å². The van der Waals surface area contributed by atoms with Crippen molar-refractivity contribution in [2.24, 2.45) is 0 Å². The van der Waals surface area contributed by atoms with Gasteiger partial charge in [0.15, 0.2) is 5.69 Å². The summed E-state index contributed by atoms with van der Waals surface area (Å²) >= 11 is 0. The molecule has 26 heavy (non-hydrogen) atoms. The Morgan fingerprint density at radius 2 is 1.92 bits per heavy atom. The number of rotatable bonds is 5. The molecule has 2 heterocycles. The maximum Gasteiger partial charge on any atom is 0.278 e. The fourth-order valence-electron chi connectivity index (χ4n) is 2.77. The summed E-state index contributed by atoms with van der Waals surface area (Å²) < 4.78 is 0. The summed E-state index contributed by atoms with van der Waals surface area (Å²) in [5.74, 6) is 0.617. The summed E-state index contributed by atoms with van der Waals surface area (Å²) in [6.07, 6.45) is 4.10. The topological polar surface area (TPSA) is 75.9 Å². The third kappa shape index (κ3) is 3.28. The van der Waals surface area contributed by atoms with E-state index in [4.69, 9.17) is 0 Å². The number of hydrogen-bond donors (Lipinski definition) is 1. The molecular formula is C19H20N6O. The lowest BCUT2D eigenvalue weighted by molar-refractivity contribution is 0.102. The highest BCUT2D eigenvalue weighted by Crippen LogP contribution is 2.29. The zero-order chi connectivity index (χ0) is 18.1. The fraction of sp³-hybridized carbons (Fsp3) is 0.263. The Balaban J connectivity index is 1.49. The van der Waals surface area contributed by atoms with Crippen LogP contribution < -0.4 is 10.2 Å². The number of amides is 1. The smallest absolute Gasteiger partial charge is 0.278 e. The highest BCUT2D eigenvalue weighted by Gasteiger charge is 2.27.